The van der Waals surface area contributed by atoms with Crippen LogP contribution < -0.4 is 5.73 Å². The maximum atomic E-state index is 5.53. The van der Waals surface area contributed by atoms with Crippen LogP contribution in [0, 0.1) is 0 Å². The van der Waals surface area contributed by atoms with Crippen molar-refractivity contribution in [1.29, 1.82) is 0 Å². The van der Waals surface area contributed by atoms with Crippen LogP contribution in [0.1, 0.15) is 12.8 Å². The quantitative estimate of drug-likeness (QED) is 0.398. The van der Waals surface area contributed by atoms with Gasteiger partial charge in [-0.05, 0) is 12.8 Å². The van der Waals surface area contributed by atoms with Crippen molar-refractivity contribution in [2.24, 2.45) is 10.7 Å². The van der Waals surface area contributed by atoms with E-state index in [1.165, 1.54) is 12.8 Å². The average Bonchev–Trinajstić information content (AvgIpc) is 2.66. The maximum absolute atomic E-state index is 5.53. The van der Waals surface area contributed by atoms with Gasteiger partial charge in [0.1, 0.15) is 0 Å². The molecule has 1 aliphatic rings. The lowest BCUT2D eigenvalue weighted by Gasteiger charge is -2.15. The molecule has 0 aromatic rings. The van der Waals surface area contributed by atoms with E-state index >= 15 is 0 Å². The van der Waals surface area contributed by atoms with Crippen molar-refractivity contribution in [1.82, 2.24) is 4.90 Å². The van der Waals surface area contributed by atoms with E-state index in [9.17, 15) is 0 Å². The van der Waals surface area contributed by atoms with Gasteiger partial charge in [0.2, 0.25) is 0 Å². The highest BCUT2D eigenvalue weighted by Gasteiger charge is 2.26. The van der Waals surface area contributed by atoms with E-state index in [1.807, 2.05) is 11.9 Å². The Kier molecular flexibility index (Phi) is 1.60. The summed E-state index contributed by atoms with van der Waals surface area (Å²) < 4.78 is 0. The normalized spacial score (nSPS) is 20.0. The van der Waals surface area contributed by atoms with Crippen LogP contribution in [0.25, 0.3) is 0 Å². The van der Waals surface area contributed by atoms with E-state index in [1.54, 1.807) is 7.05 Å². The van der Waals surface area contributed by atoms with Gasteiger partial charge in [0.25, 0.3) is 0 Å². The topological polar surface area (TPSA) is 41.6 Å². The van der Waals surface area contributed by atoms with Gasteiger partial charge >= 0.3 is 0 Å². The molecule has 0 atom stereocenters. The molecular weight excluding hydrogens is 114 g/mol. The molecule has 0 bridgehead atoms. The Morgan fingerprint density at radius 1 is 1.67 bits per heavy atom. The highest BCUT2D eigenvalue weighted by Crippen LogP contribution is 2.24. The summed E-state index contributed by atoms with van der Waals surface area (Å²) in [6.07, 6.45) is 2.54. The molecule has 52 valence electrons. The van der Waals surface area contributed by atoms with Crippen LogP contribution in [0.2, 0.25) is 0 Å². The Morgan fingerprint density at radius 2 is 2.22 bits per heavy atom. The van der Waals surface area contributed by atoms with E-state index in [4.69, 9.17) is 5.73 Å². The molecule has 1 fully saturated rings. The Morgan fingerprint density at radius 3 is 2.56 bits per heavy atom. The van der Waals surface area contributed by atoms with E-state index in [2.05, 4.69) is 4.99 Å². The molecule has 0 saturated heterocycles. The highest BCUT2D eigenvalue weighted by atomic mass is 15.3. The molecule has 0 aromatic heterocycles. The summed E-state index contributed by atoms with van der Waals surface area (Å²) in [6, 6.07) is 0.675. The van der Waals surface area contributed by atoms with Gasteiger partial charge in [0.15, 0.2) is 5.96 Å². The summed E-state index contributed by atoms with van der Waals surface area (Å²) in [5, 5.41) is 0. The SMILES string of the molecule is CN=C(N)N(C)C1CC1. The van der Waals surface area contributed by atoms with Crippen LogP contribution >= 0.6 is 0 Å². The lowest BCUT2D eigenvalue weighted by molar-refractivity contribution is 0.489. The summed E-state index contributed by atoms with van der Waals surface area (Å²) >= 11 is 0. The second kappa shape index (κ2) is 2.25. The number of rotatable bonds is 1. The minimum Gasteiger partial charge on any atom is -0.370 e. The van der Waals surface area contributed by atoms with Crippen LogP contribution in [-0.2, 0) is 0 Å². The van der Waals surface area contributed by atoms with E-state index in [-0.39, 0.29) is 0 Å². The van der Waals surface area contributed by atoms with Gasteiger partial charge in [-0.25, -0.2) is 0 Å². The van der Waals surface area contributed by atoms with Crippen LogP contribution in [0.5, 0.6) is 0 Å². The van der Waals surface area contributed by atoms with E-state index in [0.29, 0.717) is 12.0 Å². The number of hydrogen-bond acceptors (Lipinski definition) is 1. The predicted octanol–water partition coefficient (Wildman–Crippen LogP) is 0.0251. The summed E-state index contributed by atoms with van der Waals surface area (Å²) in [7, 11) is 3.70. The fourth-order valence-electron chi connectivity index (χ4n) is 0.807. The highest BCUT2D eigenvalue weighted by molar-refractivity contribution is 5.78. The van der Waals surface area contributed by atoms with Gasteiger partial charge < -0.3 is 10.6 Å². The number of nitrogens with two attached hydrogens (primary N) is 1. The lowest BCUT2D eigenvalue weighted by Crippen LogP contribution is -2.35. The van der Waals surface area contributed by atoms with Gasteiger partial charge in [-0.1, -0.05) is 0 Å². The van der Waals surface area contributed by atoms with E-state index in [0.717, 1.165) is 0 Å². The maximum Gasteiger partial charge on any atom is 0.190 e. The number of aliphatic imine (C=N–C) groups is 1. The molecule has 0 radical (unpaired) electrons. The molecule has 1 aliphatic carbocycles. The molecule has 0 spiro atoms. The van der Waals surface area contributed by atoms with Gasteiger partial charge in [0, 0.05) is 20.1 Å². The molecule has 9 heavy (non-hydrogen) atoms. The van der Waals surface area contributed by atoms with Crippen molar-refractivity contribution in [3.8, 4) is 0 Å². The second-order valence-corrected chi connectivity index (χ2v) is 2.42. The van der Waals surface area contributed by atoms with Crippen molar-refractivity contribution in [3.63, 3.8) is 0 Å². The molecule has 3 heteroatoms. The average molecular weight is 127 g/mol. The molecule has 0 unspecified atom stereocenters. The van der Waals surface area contributed by atoms with Gasteiger partial charge in [-0.2, -0.15) is 0 Å². The number of hydrogen-bond donors (Lipinski definition) is 1. The Bertz CT molecular complexity index is 126. The van der Waals surface area contributed by atoms with Crippen molar-refractivity contribution in [2.75, 3.05) is 14.1 Å². The zero-order chi connectivity index (χ0) is 6.85. The summed E-state index contributed by atoms with van der Waals surface area (Å²) in [4.78, 5) is 5.90. The lowest BCUT2D eigenvalue weighted by atomic mass is 10.6. The fraction of sp³-hybridized carbons (Fsp3) is 0.833. The summed E-state index contributed by atoms with van der Waals surface area (Å²) in [6.45, 7) is 0. The third-order valence-electron chi connectivity index (χ3n) is 1.69. The molecule has 1 saturated carbocycles. The van der Waals surface area contributed by atoms with E-state index < -0.39 is 0 Å². The van der Waals surface area contributed by atoms with Gasteiger partial charge in [-0.3, -0.25) is 4.99 Å². The summed E-state index contributed by atoms with van der Waals surface area (Å²) in [5.41, 5.74) is 5.53. The first-order chi connectivity index (χ1) is 4.25. The van der Waals surface area contributed by atoms with Crippen LogP contribution in [0.15, 0.2) is 4.99 Å². The second-order valence-electron chi connectivity index (χ2n) is 2.42. The molecule has 1 rings (SSSR count). The van der Waals surface area contributed by atoms with Crippen LogP contribution in [0.3, 0.4) is 0 Å². The monoisotopic (exact) mass is 127 g/mol. The molecule has 2 N–H and O–H groups in total. The van der Waals surface area contributed by atoms with Crippen molar-refractivity contribution < 1.29 is 0 Å². The van der Waals surface area contributed by atoms with Crippen molar-refractivity contribution in [2.45, 2.75) is 18.9 Å². The predicted molar refractivity (Wildman–Crippen MR) is 38.3 cm³/mol. The third kappa shape index (κ3) is 1.34. The molecule has 0 aromatic carbocycles. The number of nitrogens with zero attached hydrogens (tertiary/aromatic N) is 2. The molecule has 3 nitrogen and oxygen atoms in total. The Balaban J connectivity index is 2.40. The molecule has 0 heterocycles. The third-order valence-corrected chi connectivity index (χ3v) is 1.69. The molecule has 0 amide bonds. The molecule has 0 aliphatic heterocycles. The minimum atomic E-state index is 0.650. The zero-order valence-electron chi connectivity index (χ0n) is 5.96. The fourth-order valence-corrected chi connectivity index (χ4v) is 0.807. The first-order valence-corrected chi connectivity index (χ1v) is 3.21. The van der Waals surface area contributed by atoms with Gasteiger partial charge in [0.05, 0.1) is 0 Å². The largest absolute Gasteiger partial charge is 0.370 e. The number of guanidine groups is 1. The first kappa shape index (κ1) is 6.39. The van der Waals surface area contributed by atoms with Gasteiger partial charge in [-0.15, -0.1) is 0 Å². The van der Waals surface area contributed by atoms with Crippen LogP contribution in [-0.4, -0.2) is 31.0 Å². The first-order valence-electron chi connectivity index (χ1n) is 3.21. The smallest absolute Gasteiger partial charge is 0.190 e. The summed E-state index contributed by atoms with van der Waals surface area (Å²) in [5.74, 6) is 0.650. The Hall–Kier alpha value is -0.730. The standard InChI is InChI=1S/C6H13N3/c1-8-6(7)9(2)5-3-4-5/h5H,3-4H2,1-2H3,(H2,7,8). The van der Waals surface area contributed by atoms with Crippen LogP contribution in [0.4, 0.5) is 0 Å². The Labute approximate surface area is 55.6 Å². The molecular formula is C6H13N3. The zero-order valence-corrected chi connectivity index (χ0v) is 5.96. The van der Waals surface area contributed by atoms with Crippen molar-refractivity contribution in [3.05, 3.63) is 0 Å². The van der Waals surface area contributed by atoms with Crippen molar-refractivity contribution >= 4 is 5.96 Å². The minimum absolute atomic E-state index is 0.650.